The Balaban J connectivity index is 4.76. The molecule has 440 valence electrons. The van der Waals surface area contributed by atoms with Crippen LogP contribution in [0.3, 0.4) is 0 Å². The average molecular weight is 1070 g/mol. The maximum absolute atomic E-state index is 13.0. The van der Waals surface area contributed by atoms with Crippen LogP contribution in [0, 0.1) is 0 Å². The van der Waals surface area contributed by atoms with Crippen molar-refractivity contribution < 1.29 is 58.1 Å². The summed E-state index contributed by atoms with van der Waals surface area (Å²) < 4.78 is 34.4. The molecule has 0 aliphatic rings. The second kappa shape index (κ2) is 59.1. The summed E-state index contributed by atoms with van der Waals surface area (Å²) in [5.74, 6) is -1.05. The summed E-state index contributed by atoms with van der Waals surface area (Å²) in [4.78, 5) is 38.5. The van der Waals surface area contributed by atoms with Crippen molar-refractivity contribution in [2.24, 2.45) is 0 Å². The molecule has 0 saturated heterocycles. The van der Waals surface area contributed by atoms with Crippen LogP contribution in [0.5, 0.6) is 0 Å². The number of rotatable bonds is 59. The molecule has 0 amide bonds. The molecule has 0 aliphatic carbocycles. The van der Waals surface area contributed by atoms with Crippen LogP contribution in [-0.2, 0) is 42.8 Å². The molecule has 12 heteroatoms. The lowest BCUT2D eigenvalue weighted by atomic mass is 10.1. The van der Waals surface area contributed by atoms with E-state index in [2.05, 4.69) is 57.2 Å². The van der Waals surface area contributed by atoms with Gasteiger partial charge in [0.2, 0.25) is 0 Å². The van der Waals surface area contributed by atoms with E-state index < -0.39 is 6.10 Å². The van der Waals surface area contributed by atoms with Gasteiger partial charge in [-0.15, -0.1) is 0 Å². The monoisotopic (exact) mass is 1060 g/mol. The van der Waals surface area contributed by atoms with Crippen LogP contribution in [0.2, 0.25) is 0 Å². The molecule has 0 aromatic rings. The summed E-state index contributed by atoms with van der Waals surface area (Å²) in [5, 5.41) is 27.5. The van der Waals surface area contributed by atoms with E-state index in [1.54, 1.807) is 0 Å². The molecular formula is C63H116O12. The number of carbonyl (C=O) groups excluding carboxylic acids is 3. The van der Waals surface area contributed by atoms with E-state index in [4.69, 9.17) is 28.4 Å². The Hall–Kier alpha value is -2.61. The number of carbonyl (C=O) groups is 3. The fourth-order valence-electron chi connectivity index (χ4n) is 9.02. The molecule has 0 saturated carbocycles. The molecule has 75 heavy (non-hydrogen) atoms. The SMILES string of the molecule is CCCCCCC(C/C=C\CCCCCCCC(=O)OCC(COC(=O)CCCCCCC/C=C\CC(CCCCCC)OCCO)OC(=O)CCCCCCC/C=C\CC(CCCCCC)OCCO)OCCO. The van der Waals surface area contributed by atoms with Gasteiger partial charge in [0, 0.05) is 19.3 Å². The van der Waals surface area contributed by atoms with Crippen LogP contribution in [0.4, 0.5) is 0 Å². The summed E-state index contributed by atoms with van der Waals surface area (Å²) >= 11 is 0. The zero-order valence-electron chi connectivity index (χ0n) is 48.5. The van der Waals surface area contributed by atoms with Gasteiger partial charge >= 0.3 is 17.9 Å². The van der Waals surface area contributed by atoms with Gasteiger partial charge in [0.05, 0.1) is 58.0 Å². The van der Waals surface area contributed by atoms with Gasteiger partial charge < -0.3 is 43.7 Å². The first-order valence-electron chi connectivity index (χ1n) is 31.0. The quantitative estimate of drug-likeness (QED) is 0.0229. The largest absolute Gasteiger partial charge is 0.462 e. The zero-order valence-corrected chi connectivity index (χ0v) is 48.5. The third-order valence-corrected chi connectivity index (χ3v) is 13.6. The Kier molecular flexibility index (Phi) is 57.0. The molecule has 0 heterocycles. The van der Waals surface area contributed by atoms with Crippen molar-refractivity contribution in [2.45, 2.75) is 296 Å². The summed E-state index contributed by atoms with van der Waals surface area (Å²) in [6.07, 6.45) is 51.7. The molecule has 12 nitrogen and oxygen atoms in total. The smallest absolute Gasteiger partial charge is 0.306 e. The number of aliphatic hydroxyl groups is 3. The summed E-state index contributed by atoms with van der Waals surface area (Å²) in [5.41, 5.74) is 0. The normalized spacial score (nSPS) is 13.5. The fourth-order valence-corrected chi connectivity index (χ4v) is 9.02. The van der Waals surface area contributed by atoms with Gasteiger partial charge in [-0.25, -0.2) is 0 Å². The molecule has 3 unspecified atom stereocenters. The minimum absolute atomic E-state index is 0.0537. The number of esters is 3. The van der Waals surface area contributed by atoms with E-state index in [-0.39, 0.29) is 75.7 Å². The third-order valence-electron chi connectivity index (χ3n) is 13.6. The third kappa shape index (κ3) is 53.2. The maximum Gasteiger partial charge on any atom is 0.306 e. The van der Waals surface area contributed by atoms with Crippen LogP contribution in [-0.4, -0.2) is 110 Å². The lowest BCUT2D eigenvalue weighted by Crippen LogP contribution is -2.30. The molecule has 0 aromatic heterocycles. The highest BCUT2D eigenvalue weighted by molar-refractivity contribution is 5.71. The first-order chi connectivity index (χ1) is 36.8. The van der Waals surface area contributed by atoms with Gasteiger partial charge in [-0.2, -0.15) is 0 Å². The molecule has 0 rings (SSSR count). The molecule has 0 spiro atoms. The predicted octanol–water partition coefficient (Wildman–Crippen LogP) is 15.1. The van der Waals surface area contributed by atoms with Crippen molar-refractivity contribution in [1.29, 1.82) is 0 Å². The molecule has 0 fully saturated rings. The second-order valence-corrected chi connectivity index (χ2v) is 20.7. The Labute approximate surface area is 459 Å². The van der Waals surface area contributed by atoms with E-state index in [9.17, 15) is 29.7 Å². The highest BCUT2D eigenvalue weighted by atomic mass is 16.6. The van der Waals surface area contributed by atoms with Crippen molar-refractivity contribution >= 4 is 17.9 Å². The number of hydrogen-bond acceptors (Lipinski definition) is 12. The number of aliphatic hydroxyl groups excluding tert-OH is 3. The van der Waals surface area contributed by atoms with Crippen molar-refractivity contribution in [3.05, 3.63) is 36.5 Å². The highest BCUT2D eigenvalue weighted by Crippen LogP contribution is 2.18. The average Bonchev–Trinajstić information content (AvgIpc) is 3.41. The number of ether oxygens (including phenoxy) is 6. The van der Waals surface area contributed by atoms with Crippen LogP contribution < -0.4 is 0 Å². The number of unbranched alkanes of at least 4 members (excludes halogenated alkanes) is 24. The molecule has 3 atom stereocenters. The Morgan fingerprint density at radius 1 is 0.347 bits per heavy atom. The first-order valence-corrected chi connectivity index (χ1v) is 31.0. The zero-order chi connectivity index (χ0) is 54.8. The van der Waals surface area contributed by atoms with E-state index in [1.165, 1.54) is 57.8 Å². The van der Waals surface area contributed by atoms with Crippen molar-refractivity contribution in [1.82, 2.24) is 0 Å². The lowest BCUT2D eigenvalue weighted by molar-refractivity contribution is -0.167. The molecule has 3 N–H and O–H groups in total. The van der Waals surface area contributed by atoms with Crippen molar-refractivity contribution in [3.63, 3.8) is 0 Å². The molecule has 0 aromatic carbocycles. The van der Waals surface area contributed by atoms with Gasteiger partial charge in [-0.05, 0) is 96.3 Å². The highest BCUT2D eigenvalue weighted by Gasteiger charge is 2.20. The molecular weight excluding hydrogens is 949 g/mol. The predicted molar refractivity (Wildman–Crippen MR) is 307 cm³/mol. The van der Waals surface area contributed by atoms with Crippen LogP contribution in [0.1, 0.15) is 271 Å². The van der Waals surface area contributed by atoms with E-state index in [0.29, 0.717) is 39.1 Å². The van der Waals surface area contributed by atoms with Gasteiger partial charge in [0.1, 0.15) is 13.2 Å². The van der Waals surface area contributed by atoms with Crippen molar-refractivity contribution in [2.75, 3.05) is 52.9 Å². The van der Waals surface area contributed by atoms with Crippen LogP contribution >= 0.6 is 0 Å². The minimum Gasteiger partial charge on any atom is -0.462 e. The Morgan fingerprint density at radius 2 is 0.640 bits per heavy atom. The summed E-state index contributed by atoms with van der Waals surface area (Å²) in [7, 11) is 0. The lowest BCUT2D eigenvalue weighted by Gasteiger charge is -2.18. The Morgan fingerprint density at radius 3 is 0.960 bits per heavy atom. The fraction of sp³-hybridized carbons (Fsp3) is 0.857. The van der Waals surface area contributed by atoms with Crippen LogP contribution in [0.25, 0.3) is 0 Å². The topological polar surface area (TPSA) is 167 Å². The maximum atomic E-state index is 13.0. The number of allylic oxidation sites excluding steroid dienone is 3. The summed E-state index contributed by atoms with van der Waals surface area (Å²) in [6, 6.07) is 0. The number of hydrogen-bond donors (Lipinski definition) is 3. The first kappa shape index (κ1) is 72.4. The summed E-state index contributed by atoms with van der Waals surface area (Å²) in [6.45, 7) is 7.70. The van der Waals surface area contributed by atoms with E-state index >= 15 is 0 Å². The van der Waals surface area contributed by atoms with Gasteiger partial charge in [0.15, 0.2) is 6.10 Å². The van der Waals surface area contributed by atoms with Gasteiger partial charge in [0.25, 0.3) is 0 Å². The minimum atomic E-state index is -0.849. The van der Waals surface area contributed by atoms with Crippen molar-refractivity contribution in [3.8, 4) is 0 Å². The van der Waals surface area contributed by atoms with Gasteiger partial charge in [-0.3, -0.25) is 14.4 Å². The molecule has 0 aliphatic heterocycles. The second-order valence-electron chi connectivity index (χ2n) is 20.7. The Bertz CT molecular complexity index is 1250. The van der Waals surface area contributed by atoms with Crippen LogP contribution in [0.15, 0.2) is 36.5 Å². The standard InChI is InChI=1S/C63H116O12/c1-4-7-10-31-40-57(70-52-49-64)43-34-25-19-13-16-22-28-37-46-61(67)73-55-60(75-63(69)48-39-30-24-18-15-21-27-36-45-59(72-54-51-66)42-33-12-9-6-3)56-74-62(68)47-38-29-23-17-14-20-26-35-44-58(71-53-50-65)41-32-11-8-5-2/h25-27,34-36,57-60,64-66H,4-24,28-33,37-56H2,1-3H3/b34-25-,35-26-,36-27-. The van der Waals surface area contributed by atoms with E-state index in [0.717, 1.165) is 167 Å². The van der Waals surface area contributed by atoms with E-state index in [1.807, 2.05) is 0 Å². The molecule has 0 bridgehead atoms. The van der Waals surface area contributed by atoms with Gasteiger partial charge in [-0.1, -0.05) is 192 Å². The molecule has 0 radical (unpaired) electrons.